The number of hydrogen-bond donors (Lipinski definition) is 1. The van der Waals surface area contributed by atoms with Crippen LogP contribution in [0.1, 0.15) is 24.2 Å². The minimum absolute atomic E-state index is 0.00660. The maximum Gasteiger partial charge on any atom is 0.254 e. The lowest BCUT2D eigenvalue weighted by Crippen LogP contribution is -2.40. The Labute approximate surface area is 147 Å². The van der Waals surface area contributed by atoms with E-state index in [1.165, 1.54) is 11.3 Å². The van der Waals surface area contributed by atoms with E-state index < -0.39 is 0 Å². The number of carbonyl (C=O) groups excluding carboxylic acids is 2. The van der Waals surface area contributed by atoms with E-state index in [2.05, 4.69) is 26.2 Å². The van der Waals surface area contributed by atoms with Crippen LogP contribution in [0.15, 0.2) is 40.3 Å². The van der Waals surface area contributed by atoms with Gasteiger partial charge in [0.15, 0.2) is 5.13 Å². The average molecular weight is 396 g/mol. The minimum Gasteiger partial charge on any atom is -0.329 e. The van der Waals surface area contributed by atoms with E-state index >= 15 is 0 Å². The van der Waals surface area contributed by atoms with E-state index in [1.54, 1.807) is 28.6 Å². The van der Waals surface area contributed by atoms with Gasteiger partial charge in [0.1, 0.15) is 6.54 Å². The Balaban J connectivity index is 2.07. The van der Waals surface area contributed by atoms with Gasteiger partial charge in [-0.1, -0.05) is 29.8 Å². The van der Waals surface area contributed by atoms with Crippen LogP contribution >= 0.6 is 27.3 Å². The molecule has 1 aromatic heterocycles. The lowest BCUT2D eigenvalue weighted by Gasteiger charge is -2.24. The van der Waals surface area contributed by atoms with Crippen LogP contribution in [0.3, 0.4) is 0 Å². The molecule has 2 amide bonds. The van der Waals surface area contributed by atoms with Crippen LogP contribution in [0.25, 0.3) is 0 Å². The van der Waals surface area contributed by atoms with Crippen molar-refractivity contribution in [2.45, 2.75) is 13.8 Å². The van der Waals surface area contributed by atoms with Gasteiger partial charge in [0, 0.05) is 28.2 Å². The number of thiazole rings is 1. The van der Waals surface area contributed by atoms with Crippen molar-refractivity contribution in [3.8, 4) is 0 Å². The van der Waals surface area contributed by atoms with Gasteiger partial charge in [-0.3, -0.25) is 9.59 Å². The van der Waals surface area contributed by atoms with Crippen molar-refractivity contribution in [3.63, 3.8) is 0 Å². The lowest BCUT2D eigenvalue weighted by molar-refractivity contribution is -0.117. The van der Waals surface area contributed by atoms with Crippen molar-refractivity contribution in [1.29, 1.82) is 0 Å². The summed E-state index contributed by atoms with van der Waals surface area (Å²) in [5, 5.41) is 5.03. The van der Waals surface area contributed by atoms with Crippen LogP contribution in [-0.4, -0.2) is 34.8 Å². The predicted octanol–water partition coefficient (Wildman–Crippen LogP) is 3.64. The number of benzene rings is 1. The molecule has 5 nitrogen and oxygen atoms in total. The average Bonchev–Trinajstić information content (AvgIpc) is 2.99. The molecule has 0 aliphatic rings. The molecule has 1 N–H and O–H groups in total. The maximum absolute atomic E-state index is 12.6. The first-order chi connectivity index (χ1) is 11.0. The quantitative estimate of drug-likeness (QED) is 0.811. The Bertz CT molecular complexity index is 656. The molecule has 2 rings (SSSR count). The third-order valence-corrected chi connectivity index (χ3v) is 4.19. The SMILES string of the molecule is CC(C)CN(CC(=O)Nc1nccs1)C(=O)c1ccc(Br)cc1. The summed E-state index contributed by atoms with van der Waals surface area (Å²) in [7, 11) is 0. The Hall–Kier alpha value is -1.73. The lowest BCUT2D eigenvalue weighted by atomic mass is 10.1. The highest BCUT2D eigenvalue weighted by atomic mass is 79.9. The molecular weight excluding hydrogens is 378 g/mol. The molecule has 7 heteroatoms. The van der Waals surface area contributed by atoms with Crippen molar-refractivity contribution < 1.29 is 9.59 Å². The molecule has 23 heavy (non-hydrogen) atoms. The number of anilines is 1. The fourth-order valence-electron chi connectivity index (χ4n) is 2.05. The number of amides is 2. The smallest absolute Gasteiger partial charge is 0.254 e. The predicted molar refractivity (Wildman–Crippen MR) is 95.6 cm³/mol. The first kappa shape index (κ1) is 17.6. The number of nitrogens with one attached hydrogen (secondary N) is 1. The monoisotopic (exact) mass is 395 g/mol. The van der Waals surface area contributed by atoms with E-state index in [0.29, 0.717) is 17.2 Å². The number of nitrogens with zero attached hydrogens (tertiary/aromatic N) is 2. The molecule has 0 saturated carbocycles. The number of hydrogen-bond acceptors (Lipinski definition) is 4. The molecule has 0 aliphatic carbocycles. The third kappa shape index (κ3) is 5.44. The zero-order valence-corrected chi connectivity index (χ0v) is 15.4. The van der Waals surface area contributed by atoms with Crippen LogP contribution in [0, 0.1) is 5.92 Å². The summed E-state index contributed by atoms with van der Waals surface area (Å²) in [5.74, 6) is -0.131. The summed E-state index contributed by atoms with van der Waals surface area (Å²) in [6.45, 7) is 4.55. The van der Waals surface area contributed by atoms with Gasteiger partial charge in [-0.05, 0) is 30.2 Å². The molecule has 0 unspecified atom stereocenters. The second-order valence-corrected chi connectivity index (χ2v) is 7.28. The van der Waals surface area contributed by atoms with Crippen molar-refractivity contribution in [2.75, 3.05) is 18.4 Å². The topological polar surface area (TPSA) is 62.3 Å². The van der Waals surface area contributed by atoms with Crippen molar-refractivity contribution in [2.24, 2.45) is 5.92 Å². The molecule has 0 fully saturated rings. The molecule has 0 radical (unpaired) electrons. The van der Waals surface area contributed by atoms with E-state index in [4.69, 9.17) is 0 Å². The number of halogens is 1. The third-order valence-electron chi connectivity index (χ3n) is 2.98. The zero-order valence-electron chi connectivity index (χ0n) is 13.0. The highest BCUT2D eigenvalue weighted by Gasteiger charge is 2.20. The number of aromatic nitrogens is 1. The molecule has 0 spiro atoms. The van der Waals surface area contributed by atoms with E-state index in [9.17, 15) is 9.59 Å². The van der Waals surface area contributed by atoms with Gasteiger partial charge < -0.3 is 10.2 Å². The highest BCUT2D eigenvalue weighted by Crippen LogP contribution is 2.14. The van der Waals surface area contributed by atoms with Crippen LogP contribution in [0.5, 0.6) is 0 Å². The Kier molecular flexibility index (Phi) is 6.29. The minimum atomic E-state index is -0.244. The van der Waals surface area contributed by atoms with E-state index in [1.807, 2.05) is 26.0 Å². The summed E-state index contributed by atoms with van der Waals surface area (Å²) >= 11 is 4.70. The highest BCUT2D eigenvalue weighted by molar-refractivity contribution is 9.10. The normalized spacial score (nSPS) is 10.6. The molecule has 1 heterocycles. The standard InChI is InChI=1S/C16H18BrN3O2S/c1-11(2)9-20(10-14(21)19-16-18-7-8-23-16)15(22)12-3-5-13(17)6-4-12/h3-8,11H,9-10H2,1-2H3,(H,18,19,21). The Morgan fingerprint density at radius 2 is 2.00 bits per heavy atom. The molecule has 1 aromatic carbocycles. The second-order valence-electron chi connectivity index (χ2n) is 5.47. The molecule has 0 bridgehead atoms. The van der Waals surface area contributed by atoms with Crippen LogP contribution in [-0.2, 0) is 4.79 Å². The Morgan fingerprint density at radius 3 is 2.57 bits per heavy atom. The number of carbonyl (C=O) groups is 2. The molecular formula is C16H18BrN3O2S. The first-order valence-electron chi connectivity index (χ1n) is 7.20. The fourth-order valence-corrected chi connectivity index (χ4v) is 2.86. The van der Waals surface area contributed by atoms with Gasteiger partial charge >= 0.3 is 0 Å². The zero-order chi connectivity index (χ0) is 16.8. The summed E-state index contributed by atoms with van der Waals surface area (Å²) in [6, 6.07) is 7.13. The van der Waals surface area contributed by atoms with Gasteiger partial charge in [0.05, 0.1) is 0 Å². The van der Waals surface area contributed by atoms with Crippen LogP contribution in [0.2, 0.25) is 0 Å². The molecule has 0 aliphatic heterocycles. The second kappa shape index (κ2) is 8.21. The molecule has 122 valence electrons. The summed E-state index contributed by atoms with van der Waals surface area (Å²) in [6.07, 6.45) is 1.62. The molecule has 0 atom stereocenters. The van der Waals surface area contributed by atoms with E-state index in [-0.39, 0.29) is 24.3 Å². The Morgan fingerprint density at radius 1 is 1.30 bits per heavy atom. The first-order valence-corrected chi connectivity index (χ1v) is 8.87. The maximum atomic E-state index is 12.6. The molecule has 0 saturated heterocycles. The number of rotatable bonds is 6. The van der Waals surface area contributed by atoms with E-state index in [0.717, 1.165) is 4.47 Å². The van der Waals surface area contributed by atoms with Gasteiger partial charge in [0.2, 0.25) is 5.91 Å². The van der Waals surface area contributed by atoms with Crippen LogP contribution < -0.4 is 5.32 Å². The summed E-state index contributed by atoms with van der Waals surface area (Å²) in [4.78, 5) is 30.4. The van der Waals surface area contributed by atoms with Crippen molar-refractivity contribution in [3.05, 3.63) is 45.9 Å². The van der Waals surface area contributed by atoms with Gasteiger partial charge in [0.25, 0.3) is 5.91 Å². The summed E-state index contributed by atoms with van der Waals surface area (Å²) in [5.41, 5.74) is 0.566. The van der Waals surface area contributed by atoms with Gasteiger partial charge in [-0.25, -0.2) is 4.98 Å². The van der Waals surface area contributed by atoms with Crippen molar-refractivity contribution >= 4 is 44.2 Å². The van der Waals surface area contributed by atoms with Gasteiger partial charge in [-0.2, -0.15) is 0 Å². The molecule has 2 aromatic rings. The van der Waals surface area contributed by atoms with Gasteiger partial charge in [-0.15, -0.1) is 11.3 Å². The fraction of sp³-hybridized carbons (Fsp3) is 0.312. The largest absolute Gasteiger partial charge is 0.329 e. The van der Waals surface area contributed by atoms with Crippen LogP contribution in [0.4, 0.5) is 5.13 Å². The van der Waals surface area contributed by atoms with Crippen molar-refractivity contribution in [1.82, 2.24) is 9.88 Å². The summed E-state index contributed by atoms with van der Waals surface area (Å²) < 4.78 is 0.908.